The molecule has 0 radical (unpaired) electrons. The largest absolute Gasteiger partial charge is 0.481 e. The topological polar surface area (TPSA) is 79.3 Å². The lowest BCUT2D eigenvalue weighted by Crippen LogP contribution is -2.36. The second-order valence-electron chi connectivity index (χ2n) is 6.49. The van der Waals surface area contributed by atoms with Crippen LogP contribution in [0.1, 0.15) is 6.42 Å². The van der Waals surface area contributed by atoms with Gasteiger partial charge in [-0.15, -0.1) is 11.3 Å². The number of carbonyl (C=O) groups is 2. The number of carboxylic acid groups (broad SMARTS) is 1. The van der Waals surface area contributed by atoms with Gasteiger partial charge in [-0.2, -0.15) is 0 Å². The van der Waals surface area contributed by atoms with Gasteiger partial charge < -0.3 is 10.4 Å². The number of allylic oxidation sites excluding steroid dienone is 2. The van der Waals surface area contributed by atoms with Gasteiger partial charge in [0.1, 0.15) is 0 Å². The van der Waals surface area contributed by atoms with Crippen molar-refractivity contribution in [2.24, 2.45) is 23.7 Å². The van der Waals surface area contributed by atoms with Gasteiger partial charge in [-0.05, 0) is 30.4 Å². The Morgan fingerprint density at radius 2 is 1.88 bits per heavy atom. The number of carboxylic acids is 1. The van der Waals surface area contributed by atoms with Crippen molar-refractivity contribution < 1.29 is 14.7 Å². The van der Waals surface area contributed by atoms with Crippen LogP contribution in [-0.4, -0.2) is 22.0 Å². The Hall–Kier alpha value is -1.89. The second kappa shape index (κ2) is 6.68. The van der Waals surface area contributed by atoms with Crippen molar-refractivity contribution >= 4 is 51.5 Å². The third kappa shape index (κ3) is 3.02. The van der Waals surface area contributed by atoms with Gasteiger partial charge in [0.25, 0.3) is 0 Å². The maximum Gasteiger partial charge on any atom is 0.307 e. The Morgan fingerprint density at radius 1 is 1.15 bits per heavy atom. The van der Waals surface area contributed by atoms with E-state index in [0.29, 0.717) is 20.9 Å². The highest BCUT2D eigenvalue weighted by molar-refractivity contribution is 7.14. The van der Waals surface area contributed by atoms with Gasteiger partial charge in [0.2, 0.25) is 5.91 Å². The first kappa shape index (κ1) is 17.5. The number of nitrogens with zero attached hydrogens (tertiary/aromatic N) is 1. The summed E-state index contributed by atoms with van der Waals surface area (Å²) in [7, 11) is 0. The molecule has 4 atom stereocenters. The number of thiazole rings is 1. The lowest BCUT2D eigenvalue weighted by molar-refractivity contribution is -0.146. The van der Waals surface area contributed by atoms with E-state index in [0.717, 1.165) is 12.0 Å². The summed E-state index contributed by atoms with van der Waals surface area (Å²) in [5.41, 5.74) is 1.47. The zero-order valence-electron chi connectivity index (χ0n) is 13.4. The van der Waals surface area contributed by atoms with E-state index in [4.69, 9.17) is 23.2 Å². The highest BCUT2D eigenvalue weighted by Crippen LogP contribution is 2.48. The number of rotatable bonds is 4. The maximum absolute atomic E-state index is 12.7. The molecular weight excluding hydrogens is 395 g/mol. The average molecular weight is 409 g/mol. The van der Waals surface area contributed by atoms with E-state index >= 15 is 0 Å². The number of halogens is 2. The minimum absolute atomic E-state index is 0.0180. The first-order valence-corrected chi connectivity index (χ1v) is 9.70. The molecule has 8 heteroatoms. The van der Waals surface area contributed by atoms with Crippen LogP contribution in [0.3, 0.4) is 0 Å². The molecule has 1 fully saturated rings. The molecule has 4 unspecified atom stereocenters. The normalized spacial score (nSPS) is 26.2. The maximum atomic E-state index is 12.7. The molecule has 4 rings (SSSR count). The lowest BCUT2D eigenvalue weighted by atomic mass is 9.82. The van der Waals surface area contributed by atoms with Crippen LogP contribution in [0.5, 0.6) is 0 Å². The molecule has 0 saturated heterocycles. The van der Waals surface area contributed by atoms with E-state index in [2.05, 4.69) is 10.3 Å². The van der Waals surface area contributed by atoms with Crippen molar-refractivity contribution in [3.8, 4) is 11.3 Å². The van der Waals surface area contributed by atoms with E-state index in [1.54, 1.807) is 18.2 Å². The monoisotopic (exact) mass is 408 g/mol. The SMILES string of the molecule is O=C(O)C1C2C=CC(C2)C1C(=O)Nc1nc(-c2ccc(Cl)c(Cl)c2)cs1. The number of anilines is 1. The summed E-state index contributed by atoms with van der Waals surface area (Å²) in [5, 5.41) is 15.4. The second-order valence-corrected chi connectivity index (χ2v) is 8.17. The summed E-state index contributed by atoms with van der Waals surface area (Å²) < 4.78 is 0. The summed E-state index contributed by atoms with van der Waals surface area (Å²) in [4.78, 5) is 28.7. The van der Waals surface area contributed by atoms with Crippen molar-refractivity contribution in [1.82, 2.24) is 4.98 Å². The van der Waals surface area contributed by atoms with Crippen LogP contribution in [0.25, 0.3) is 11.3 Å². The first-order valence-electron chi connectivity index (χ1n) is 8.07. The molecule has 2 aliphatic carbocycles. The number of aromatic nitrogens is 1. The van der Waals surface area contributed by atoms with Gasteiger partial charge in [0, 0.05) is 10.9 Å². The molecule has 1 aromatic carbocycles. The zero-order chi connectivity index (χ0) is 18.4. The number of aliphatic carboxylic acids is 1. The van der Waals surface area contributed by atoms with Gasteiger partial charge in [0.05, 0.1) is 27.6 Å². The number of hydrogen-bond acceptors (Lipinski definition) is 4. The standard InChI is InChI=1S/C18H14Cl2N2O3S/c19-11-4-3-8(6-12(11)20)13-7-26-18(21-13)22-16(23)14-9-1-2-10(5-9)15(14)17(24)25/h1-4,6-7,9-10,14-15H,5H2,(H,24,25)(H,21,22,23). The first-order chi connectivity index (χ1) is 12.4. The predicted molar refractivity (Wildman–Crippen MR) is 102 cm³/mol. The molecular formula is C18H14Cl2N2O3S. The summed E-state index contributed by atoms with van der Waals surface area (Å²) in [6.45, 7) is 0. The van der Waals surface area contributed by atoms with Gasteiger partial charge in [-0.3, -0.25) is 9.59 Å². The minimum Gasteiger partial charge on any atom is -0.481 e. The fraction of sp³-hybridized carbons (Fsp3) is 0.278. The Morgan fingerprint density at radius 3 is 2.58 bits per heavy atom. The fourth-order valence-electron chi connectivity index (χ4n) is 3.82. The van der Waals surface area contributed by atoms with Gasteiger partial charge >= 0.3 is 5.97 Å². The van der Waals surface area contributed by atoms with Crippen molar-refractivity contribution in [2.75, 3.05) is 5.32 Å². The quantitative estimate of drug-likeness (QED) is 0.725. The summed E-state index contributed by atoms with van der Waals surface area (Å²) in [5.74, 6) is -2.51. The molecule has 26 heavy (non-hydrogen) atoms. The Balaban J connectivity index is 1.52. The molecule has 2 aromatic rings. The number of hydrogen-bond donors (Lipinski definition) is 2. The van der Waals surface area contributed by atoms with Crippen LogP contribution in [0.4, 0.5) is 5.13 Å². The van der Waals surface area contributed by atoms with Gasteiger partial charge in [-0.1, -0.05) is 41.4 Å². The van der Waals surface area contributed by atoms with Crippen molar-refractivity contribution in [3.05, 3.63) is 45.8 Å². The van der Waals surface area contributed by atoms with E-state index in [9.17, 15) is 14.7 Å². The Labute approximate surface area is 163 Å². The molecule has 1 saturated carbocycles. The van der Waals surface area contributed by atoms with Gasteiger partial charge in [0.15, 0.2) is 5.13 Å². The smallest absolute Gasteiger partial charge is 0.307 e. The molecule has 0 spiro atoms. The minimum atomic E-state index is -0.919. The fourth-order valence-corrected chi connectivity index (χ4v) is 4.84. The molecule has 1 heterocycles. The summed E-state index contributed by atoms with van der Waals surface area (Å²) >= 11 is 13.2. The number of amides is 1. The molecule has 2 aliphatic rings. The number of nitrogens with one attached hydrogen (secondary N) is 1. The lowest BCUT2D eigenvalue weighted by Gasteiger charge is -2.23. The molecule has 2 bridgehead atoms. The van der Waals surface area contributed by atoms with Crippen LogP contribution in [0.2, 0.25) is 10.0 Å². The van der Waals surface area contributed by atoms with Crippen LogP contribution < -0.4 is 5.32 Å². The van der Waals surface area contributed by atoms with E-state index < -0.39 is 17.8 Å². The molecule has 1 amide bonds. The van der Waals surface area contributed by atoms with Crippen LogP contribution in [0.15, 0.2) is 35.7 Å². The molecule has 2 N–H and O–H groups in total. The van der Waals surface area contributed by atoms with Crippen molar-refractivity contribution in [1.29, 1.82) is 0 Å². The van der Waals surface area contributed by atoms with E-state index in [1.165, 1.54) is 11.3 Å². The van der Waals surface area contributed by atoms with Gasteiger partial charge in [-0.25, -0.2) is 4.98 Å². The van der Waals surface area contributed by atoms with E-state index in [-0.39, 0.29) is 17.7 Å². The molecule has 134 valence electrons. The summed E-state index contributed by atoms with van der Waals surface area (Å²) in [6, 6.07) is 5.21. The Kier molecular flexibility index (Phi) is 4.50. The van der Waals surface area contributed by atoms with Crippen LogP contribution in [0, 0.1) is 23.7 Å². The third-order valence-corrected chi connectivity index (χ3v) is 6.49. The molecule has 0 aliphatic heterocycles. The summed E-state index contributed by atoms with van der Waals surface area (Å²) in [6.07, 6.45) is 4.60. The highest BCUT2D eigenvalue weighted by Gasteiger charge is 2.51. The van der Waals surface area contributed by atoms with E-state index in [1.807, 2.05) is 17.5 Å². The number of benzene rings is 1. The van der Waals surface area contributed by atoms with Crippen molar-refractivity contribution in [3.63, 3.8) is 0 Å². The highest BCUT2D eigenvalue weighted by atomic mass is 35.5. The van der Waals surface area contributed by atoms with Crippen molar-refractivity contribution in [2.45, 2.75) is 6.42 Å². The molecule has 1 aromatic heterocycles. The van der Waals surface area contributed by atoms with Crippen LogP contribution in [-0.2, 0) is 9.59 Å². The zero-order valence-corrected chi connectivity index (χ0v) is 15.7. The predicted octanol–water partition coefficient (Wildman–Crippen LogP) is 4.58. The van der Waals surface area contributed by atoms with Crippen LogP contribution >= 0.6 is 34.5 Å². The number of fused-ring (bicyclic) bond motifs is 2. The average Bonchev–Trinajstić information content (AvgIpc) is 3.32. The third-order valence-electron chi connectivity index (χ3n) is 5.00. The Bertz CT molecular complexity index is 927. The number of carbonyl (C=O) groups excluding carboxylic acids is 1. The molecule has 5 nitrogen and oxygen atoms in total.